The van der Waals surface area contributed by atoms with Crippen LogP contribution in [0.4, 0.5) is 10.8 Å². The maximum Gasteiger partial charge on any atom is 0.235 e. The molecule has 8 heteroatoms. The Balaban J connectivity index is 2.02. The Morgan fingerprint density at radius 1 is 1.41 bits per heavy atom. The summed E-state index contributed by atoms with van der Waals surface area (Å²) in [6, 6.07) is 5.73. The van der Waals surface area contributed by atoms with Crippen molar-refractivity contribution in [3.05, 3.63) is 28.8 Å². The highest BCUT2D eigenvalue weighted by Crippen LogP contribution is 2.31. The molecule has 0 aliphatic rings. The lowest BCUT2D eigenvalue weighted by atomic mass is 10.2. The molecule has 0 saturated carbocycles. The van der Waals surface area contributed by atoms with Crippen LogP contribution in [-0.4, -0.2) is 40.3 Å². The average Bonchev–Trinajstić information content (AvgIpc) is 2.89. The van der Waals surface area contributed by atoms with E-state index >= 15 is 0 Å². The van der Waals surface area contributed by atoms with Gasteiger partial charge in [0.15, 0.2) is 4.34 Å². The topological polar surface area (TPSA) is 58.1 Å². The molecular weight excluding hydrogens is 340 g/mol. The summed E-state index contributed by atoms with van der Waals surface area (Å²) in [5.41, 5.74) is 1.89. The summed E-state index contributed by atoms with van der Waals surface area (Å²) in [4.78, 5) is 13.4. The fourth-order valence-electron chi connectivity index (χ4n) is 1.67. The molecule has 1 aromatic heterocycles. The number of thioether (sulfide) groups is 1. The zero-order chi connectivity index (χ0) is 16.3. The second kappa shape index (κ2) is 7.30. The maximum absolute atomic E-state index is 11.8. The van der Waals surface area contributed by atoms with Gasteiger partial charge in [-0.15, -0.1) is 10.2 Å². The number of benzene rings is 1. The molecule has 0 aliphatic carbocycles. The summed E-state index contributed by atoms with van der Waals surface area (Å²) in [5.74, 6) is 0.0556. The summed E-state index contributed by atoms with van der Waals surface area (Å²) in [7, 11) is 3.49. The van der Waals surface area contributed by atoms with Crippen molar-refractivity contribution in [1.82, 2.24) is 15.1 Å². The molecule has 2 aromatic rings. The predicted molar refractivity (Wildman–Crippen MR) is 93.4 cm³/mol. The molecule has 0 saturated heterocycles. The number of aromatic nitrogens is 2. The fourth-order valence-corrected chi connectivity index (χ4v) is 3.91. The van der Waals surface area contributed by atoms with Crippen LogP contribution in [-0.2, 0) is 4.79 Å². The highest BCUT2D eigenvalue weighted by Gasteiger charge is 2.18. The van der Waals surface area contributed by atoms with Crippen LogP contribution >= 0.6 is 34.7 Å². The third kappa shape index (κ3) is 4.34. The Morgan fingerprint density at radius 3 is 2.77 bits per heavy atom. The van der Waals surface area contributed by atoms with Crippen molar-refractivity contribution in [1.29, 1.82) is 0 Å². The van der Waals surface area contributed by atoms with E-state index in [4.69, 9.17) is 11.6 Å². The van der Waals surface area contributed by atoms with E-state index in [-0.39, 0.29) is 11.2 Å². The number of nitrogens with zero attached hydrogens (tertiary/aromatic N) is 3. The normalized spacial score (nSPS) is 12.0. The van der Waals surface area contributed by atoms with Gasteiger partial charge in [-0.05, 0) is 31.5 Å². The van der Waals surface area contributed by atoms with E-state index in [0.29, 0.717) is 10.2 Å². The van der Waals surface area contributed by atoms with E-state index in [0.717, 1.165) is 15.6 Å². The molecule has 0 aliphatic heterocycles. The Hall–Kier alpha value is -1.31. The number of hydrogen-bond donors (Lipinski definition) is 1. The molecule has 0 bridgehead atoms. The molecule has 1 aromatic carbocycles. The molecule has 22 heavy (non-hydrogen) atoms. The molecule has 1 amide bonds. The van der Waals surface area contributed by atoms with Gasteiger partial charge in [0.1, 0.15) is 0 Å². The van der Waals surface area contributed by atoms with E-state index in [2.05, 4.69) is 15.5 Å². The monoisotopic (exact) mass is 356 g/mol. The van der Waals surface area contributed by atoms with Crippen molar-refractivity contribution in [2.45, 2.75) is 23.4 Å². The lowest BCUT2D eigenvalue weighted by Gasteiger charge is -2.14. The summed E-state index contributed by atoms with van der Waals surface area (Å²) in [6.07, 6.45) is 0. The van der Waals surface area contributed by atoms with Gasteiger partial charge in [0, 0.05) is 24.8 Å². The predicted octanol–water partition coefficient (Wildman–Crippen LogP) is 3.81. The number of anilines is 2. The second-order valence-electron chi connectivity index (χ2n) is 4.95. The molecule has 1 unspecified atom stereocenters. The minimum atomic E-state index is -0.190. The highest BCUT2D eigenvalue weighted by molar-refractivity contribution is 8.02. The molecule has 5 nitrogen and oxygen atoms in total. The van der Waals surface area contributed by atoms with Gasteiger partial charge in [0.2, 0.25) is 11.0 Å². The molecule has 1 N–H and O–H groups in total. The number of amides is 1. The Bertz CT molecular complexity index is 675. The molecule has 0 radical (unpaired) electrons. The third-order valence-electron chi connectivity index (χ3n) is 2.90. The first-order valence-corrected chi connectivity index (χ1v) is 8.68. The van der Waals surface area contributed by atoms with Crippen LogP contribution < -0.4 is 5.32 Å². The standard InChI is InChI=1S/C14H17ClN4OS2/c1-8-5-6-10(7-11(8)15)16-13-17-18-14(22-13)21-9(2)12(20)19(3)4/h5-7,9H,1-4H3,(H,16,17). The van der Waals surface area contributed by atoms with E-state index in [1.54, 1.807) is 19.0 Å². The minimum Gasteiger partial charge on any atom is -0.348 e. The van der Waals surface area contributed by atoms with Gasteiger partial charge >= 0.3 is 0 Å². The first-order valence-electron chi connectivity index (χ1n) is 6.61. The molecule has 1 atom stereocenters. The number of halogens is 1. The quantitative estimate of drug-likeness (QED) is 0.825. The Morgan fingerprint density at radius 2 is 2.14 bits per heavy atom. The Labute approximate surface area is 143 Å². The van der Waals surface area contributed by atoms with E-state index in [1.165, 1.54) is 23.1 Å². The van der Waals surface area contributed by atoms with Gasteiger partial charge < -0.3 is 10.2 Å². The first kappa shape index (κ1) is 17.1. The number of rotatable bonds is 5. The fraction of sp³-hybridized carbons (Fsp3) is 0.357. The van der Waals surface area contributed by atoms with Crippen LogP contribution in [0, 0.1) is 6.92 Å². The lowest BCUT2D eigenvalue weighted by molar-refractivity contribution is -0.127. The van der Waals surface area contributed by atoms with Crippen LogP contribution in [0.25, 0.3) is 0 Å². The number of carbonyl (C=O) groups excluding carboxylic acids is 1. The zero-order valence-corrected chi connectivity index (χ0v) is 15.1. The van der Waals surface area contributed by atoms with Gasteiger partial charge in [-0.25, -0.2) is 0 Å². The summed E-state index contributed by atoms with van der Waals surface area (Å²) < 4.78 is 0.753. The van der Waals surface area contributed by atoms with Gasteiger partial charge in [0.05, 0.1) is 5.25 Å². The third-order valence-corrected chi connectivity index (χ3v) is 5.31. The van der Waals surface area contributed by atoms with E-state index in [9.17, 15) is 4.79 Å². The van der Waals surface area contributed by atoms with Gasteiger partial charge in [-0.2, -0.15) is 0 Å². The van der Waals surface area contributed by atoms with Gasteiger partial charge in [0.25, 0.3) is 0 Å². The number of carbonyl (C=O) groups is 1. The van der Waals surface area contributed by atoms with Crippen molar-refractivity contribution >= 4 is 51.4 Å². The number of hydrogen-bond acceptors (Lipinski definition) is 6. The van der Waals surface area contributed by atoms with Crippen LogP contribution in [0.1, 0.15) is 12.5 Å². The van der Waals surface area contributed by atoms with Crippen molar-refractivity contribution in [2.24, 2.45) is 0 Å². The highest BCUT2D eigenvalue weighted by atomic mass is 35.5. The van der Waals surface area contributed by atoms with Gasteiger partial charge in [-0.1, -0.05) is 40.8 Å². The molecule has 118 valence electrons. The number of nitrogens with one attached hydrogen (secondary N) is 1. The molecule has 1 heterocycles. The van der Waals surface area contributed by atoms with Crippen molar-refractivity contribution in [3.63, 3.8) is 0 Å². The smallest absolute Gasteiger partial charge is 0.235 e. The van der Waals surface area contributed by atoms with Crippen molar-refractivity contribution in [3.8, 4) is 0 Å². The lowest BCUT2D eigenvalue weighted by Crippen LogP contribution is -2.29. The molecule has 0 spiro atoms. The molecule has 0 fully saturated rings. The van der Waals surface area contributed by atoms with Crippen LogP contribution in [0.2, 0.25) is 5.02 Å². The Kier molecular flexibility index (Phi) is 5.66. The zero-order valence-electron chi connectivity index (χ0n) is 12.8. The second-order valence-corrected chi connectivity index (χ2v) is 7.93. The van der Waals surface area contributed by atoms with Crippen LogP contribution in [0.15, 0.2) is 22.5 Å². The minimum absolute atomic E-state index is 0.0556. The van der Waals surface area contributed by atoms with Crippen LogP contribution in [0.3, 0.4) is 0 Å². The SMILES string of the molecule is Cc1ccc(Nc2nnc(SC(C)C(=O)N(C)C)s2)cc1Cl. The molecular formula is C14H17ClN4OS2. The molecule has 2 rings (SSSR count). The number of aryl methyl sites for hydroxylation is 1. The van der Waals surface area contributed by atoms with E-state index < -0.39 is 0 Å². The van der Waals surface area contributed by atoms with E-state index in [1.807, 2.05) is 32.0 Å². The van der Waals surface area contributed by atoms with Gasteiger partial charge in [-0.3, -0.25) is 4.79 Å². The summed E-state index contributed by atoms with van der Waals surface area (Å²) >= 11 is 8.92. The summed E-state index contributed by atoms with van der Waals surface area (Å²) in [6.45, 7) is 3.82. The average molecular weight is 357 g/mol. The first-order chi connectivity index (χ1) is 10.4. The van der Waals surface area contributed by atoms with Crippen molar-refractivity contribution in [2.75, 3.05) is 19.4 Å². The van der Waals surface area contributed by atoms with Crippen molar-refractivity contribution < 1.29 is 4.79 Å². The van der Waals surface area contributed by atoms with Crippen LogP contribution in [0.5, 0.6) is 0 Å². The summed E-state index contributed by atoms with van der Waals surface area (Å²) in [5, 5.41) is 12.5. The maximum atomic E-state index is 11.8. The largest absolute Gasteiger partial charge is 0.348 e.